The van der Waals surface area contributed by atoms with Crippen molar-refractivity contribution in [2.24, 2.45) is 0 Å². The lowest BCUT2D eigenvalue weighted by atomic mass is 10.1. The molecule has 6 nitrogen and oxygen atoms in total. The summed E-state index contributed by atoms with van der Waals surface area (Å²) in [6, 6.07) is 6.39. The van der Waals surface area contributed by atoms with Gasteiger partial charge in [0.25, 0.3) is 0 Å². The molecule has 0 unspecified atom stereocenters. The average molecular weight is 307 g/mol. The maximum Gasteiger partial charge on any atom is 0.335 e. The van der Waals surface area contributed by atoms with Crippen molar-refractivity contribution in [1.82, 2.24) is 4.90 Å². The largest absolute Gasteiger partial charge is 0.478 e. The van der Waals surface area contributed by atoms with E-state index < -0.39 is 5.97 Å². The Bertz CT molecular complexity index is 508. The van der Waals surface area contributed by atoms with Crippen molar-refractivity contribution in [3.8, 4) is 0 Å². The van der Waals surface area contributed by atoms with Crippen LogP contribution in [0, 0.1) is 0 Å². The van der Waals surface area contributed by atoms with Gasteiger partial charge in [0, 0.05) is 33.4 Å². The van der Waals surface area contributed by atoms with Crippen LogP contribution in [0.15, 0.2) is 24.3 Å². The number of hydrogen-bond donors (Lipinski definition) is 1. The number of methoxy groups -OCH3 is 1. The minimum atomic E-state index is -0.964. The molecular formula is C16H21NO5. The number of hydrogen-bond acceptors (Lipinski definition) is 4. The fraction of sp³-hybridized carbons (Fsp3) is 0.500. The number of benzene rings is 1. The highest BCUT2D eigenvalue weighted by Gasteiger charge is 2.30. The summed E-state index contributed by atoms with van der Waals surface area (Å²) < 4.78 is 10.6. The molecule has 6 heteroatoms. The van der Waals surface area contributed by atoms with Gasteiger partial charge in [-0.1, -0.05) is 12.1 Å². The molecule has 0 aromatic heterocycles. The number of carbonyl (C=O) groups excluding carboxylic acids is 1. The van der Waals surface area contributed by atoms with Crippen molar-refractivity contribution >= 4 is 11.9 Å². The summed E-state index contributed by atoms with van der Waals surface area (Å²) in [5.41, 5.74) is 1.05. The monoisotopic (exact) mass is 307 g/mol. The van der Waals surface area contributed by atoms with Crippen LogP contribution in [0.25, 0.3) is 0 Å². The minimum absolute atomic E-state index is 0.0415. The highest BCUT2D eigenvalue weighted by Crippen LogP contribution is 2.15. The summed E-state index contributed by atoms with van der Waals surface area (Å²) >= 11 is 0. The van der Waals surface area contributed by atoms with Gasteiger partial charge < -0.3 is 19.5 Å². The molecule has 1 fully saturated rings. The predicted octanol–water partition coefficient (Wildman–Crippen LogP) is 1.19. The van der Waals surface area contributed by atoms with Gasteiger partial charge in [0.2, 0.25) is 5.91 Å². The van der Waals surface area contributed by atoms with Crippen LogP contribution in [-0.2, 0) is 20.7 Å². The van der Waals surface area contributed by atoms with E-state index in [4.69, 9.17) is 14.6 Å². The summed E-state index contributed by atoms with van der Waals surface area (Å²) in [6.07, 6.45) is 1.27. The summed E-state index contributed by atoms with van der Waals surface area (Å²) in [6.45, 7) is 2.58. The van der Waals surface area contributed by atoms with Crippen LogP contribution < -0.4 is 0 Å². The van der Waals surface area contributed by atoms with Gasteiger partial charge in [-0.05, 0) is 24.1 Å². The predicted molar refractivity (Wildman–Crippen MR) is 79.9 cm³/mol. The second-order valence-corrected chi connectivity index (χ2v) is 5.32. The van der Waals surface area contributed by atoms with Crippen LogP contribution >= 0.6 is 0 Å². The van der Waals surface area contributed by atoms with E-state index in [1.807, 2.05) is 0 Å². The van der Waals surface area contributed by atoms with Gasteiger partial charge in [-0.25, -0.2) is 4.79 Å². The fourth-order valence-electron chi connectivity index (χ4n) is 2.25. The van der Waals surface area contributed by atoms with E-state index in [0.717, 1.165) is 12.0 Å². The molecule has 2 rings (SSSR count). The van der Waals surface area contributed by atoms with Crippen molar-refractivity contribution in [2.75, 3.05) is 33.4 Å². The van der Waals surface area contributed by atoms with E-state index in [-0.39, 0.29) is 24.0 Å². The average Bonchev–Trinajstić information content (AvgIpc) is 2.45. The molecule has 1 N–H and O–H groups in total. The molecule has 0 spiro atoms. The number of amides is 1. The number of nitrogens with zero attached hydrogens (tertiary/aromatic N) is 1. The molecule has 1 aromatic carbocycles. The molecule has 0 saturated carbocycles. The molecule has 0 aliphatic carbocycles. The lowest BCUT2D eigenvalue weighted by molar-refractivity contribution is -0.144. The first-order valence-corrected chi connectivity index (χ1v) is 7.30. The SMILES string of the molecule is COCCCOC1CN(C(=O)Cc2ccc(C(=O)O)cc2)C1. The lowest BCUT2D eigenvalue weighted by Gasteiger charge is -2.39. The van der Waals surface area contributed by atoms with E-state index in [1.54, 1.807) is 24.1 Å². The summed E-state index contributed by atoms with van der Waals surface area (Å²) in [5, 5.41) is 8.83. The third-order valence-electron chi connectivity index (χ3n) is 3.60. The molecule has 1 aliphatic rings. The van der Waals surface area contributed by atoms with E-state index >= 15 is 0 Å². The smallest absolute Gasteiger partial charge is 0.335 e. The van der Waals surface area contributed by atoms with Crippen molar-refractivity contribution < 1.29 is 24.2 Å². The Balaban J connectivity index is 1.69. The molecule has 1 aliphatic heterocycles. The first-order valence-electron chi connectivity index (χ1n) is 7.30. The number of carbonyl (C=O) groups is 2. The van der Waals surface area contributed by atoms with Gasteiger partial charge in [-0.3, -0.25) is 4.79 Å². The van der Waals surface area contributed by atoms with Crippen LogP contribution in [0.5, 0.6) is 0 Å². The first-order chi connectivity index (χ1) is 10.6. The van der Waals surface area contributed by atoms with E-state index in [0.29, 0.717) is 26.3 Å². The molecule has 1 aromatic rings. The van der Waals surface area contributed by atoms with Gasteiger partial charge in [-0.2, -0.15) is 0 Å². The zero-order valence-electron chi connectivity index (χ0n) is 12.7. The van der Waals surface area contributed by atoms with Crippen LogP contribution in [0.1, 0.15) is 22.3 Å². The van der Waals surface area contributed by atoms with E-state index in [9.17, 15) is 9.59 Å². The highest BCUT2D eigenvalue weighted by atomic mass is 16.5. The zero-order valence-corrected chi connectivity index (χ0v) is 12.7. The first kappa shape index (κ1) is 16.5. The topological polar surface area (TPSA) is 76.1 Å². The lowest BCUT2D eigenvalue weighted by Crippen LogP contribution is -2.55. The molecule has 1 amide bonds. The van der Waals surface area contributed by atoms with Crippen LogP contribution in [0.2, 0.25) is 0 Å². The molecule has 0 radical (unpaired) electrons. The summed E-state index contributed by atoms with van der Waals surface area (Å²) in [4.78, 5) is 24.6. The van der Waals surface area contributed by atoms with Gasteiger partial charge in [0.05, 0.1) is 18.1 Å². The molecule has 120 valence electrons. The van der Waals surface area contributed by atoms with Crippen LogP contribution in [-0.4, -0.2) is 61.4 Å². The fourth-order valence-corrected chi connectivity index (χ4v) is 2.25. The van der Waals surface area contributed by atoms with Gasteiger partial charge in [0.15, 0.2) is 0 Å². The van der Waals surface area contributed by atoms with Crippen molar-refractivity contribution in [1.29, 1.82) is 0 Å². The Kier molecular flexibility index (Phi) is 5.91. The molecule has 1 saturated heterocycles. The van der Waals surface area contributed by atoms with Crippen molar-refractivity contribution in [2.45, 2.75) is 18.9 Å². The zero-order chi connectivity index (χ0) is 15.9. The van der Waals surface area contributed by atoms with E-state index in [2.05, 4.69) is 0 Å². The highest BCUT2D eigenvalue weighted by molar-refractivity contribution is 5.87. The maximum atomic E-state index is 12.1. The Labute approximate surface area is 129 Å². The van der Waals surface area contributed by atoms with Gasteiger partial charge in [-0.15, -0.1) is 0 Å². The van der Waals surface area contributed by atoms with E-state index in [1.165, 1.54) is 12.1 Å². The summed E-state index contributed by atoms with van der Waals surface area (Å²) in [7, 11) is 1.66. The van der Waals surface area contributed by atoms with Crippen molar-refractivity contribution in [3.05, 3.63) is 35.4 Å². The van der Waals surface area contributed by atoms with Crippen molar-refractivity contribution in [3.63, 3.8) is 0 Å². The third-order valence-corrected chi connectivity index (χ3v) is 3.60. The molecule has 22 heavy (non-hydrogen) atoms. The quantitative estimate of drug-likeness (QED) is 0.730. The minimum Gasteiger partial charge on any atom is -0.478 e. The second kappa shape index (κ2) is 7.91. The Hall–Kier alpha value is -1.92. The Morgan fingerprint density at radius 3 is 2.50 bits per heavy atom. The number of carboxylic acid groups (broad SMARTS) is 1. The summed E-state index contributed by atoms with van der Waals surface area (Å²) in [5.74, 6) is -0.922. The maximum absolute atomic E-state index is 12.1. The number of rotatable bonds is 8. The standard InChI is InChI=1S/C16H21NO5/c1-21-7-2-8-22-14-10-17(11-14)15(18)9-12-3-5-13(6-4-12)16(19)20/h3-6,14H,2,7-11H2,1H3,(H,19,20). The second-order valence-electron chi connectivity index (χ2n) is 5.32. The number of ether oxygens (including phenoxy) is 2. The Morgan fingerprint density at radius 1 is 1.23 bits per heavy atom. The number of aromatic carboxylic acids is 1. The Morgan fingerprint density at radius 2 is 1.91 bits per heavy atom. The number of likely N-dealkylation sites (tertiary alicyclic amines) is 1. The molecular weight excluding hydrogens is 286 g/mol. The van der Waals surface area contributed by atoms with Gasteiger partial charge >= 0.3 is 5.97 Å². The van der Waals surface area contributed by atoms with Crippen LogP contribution in [0.4, 0.5) is 0 Å². The molecule has 0 bridgehead atoms. The third kappa shape index (κ3) is 4.54. The van der Waals surface area contributed by atoms with Gasteiger partial charge in [0.1, 0.15) is 0 Å². The molecule has 1 heterocycles. The number of carboxylic acids is 1. The van der Waals surface area contributed by atoms with Crippen LogP contribution in [0.3, 0.4) is 0 Å². The molecule has 0 atom stereocenters. The normalized spacial score (nSPS) is 14.7.